The normalized spacial score (nSPS) is 19.0. The Labute approximate surface area is 185 Å². The smallest absolute Gasteiger partial charge is 0.242 e. The fourth-order valence-corrected chi connectivity index (χ4v) is 3.25. The number of halogens is 1. The van der Waals surface area contributed by atoms with Gasteiger partial charge in [-0.1, -0.05) is 30.3 Å². The van der Waals surface area contributed by atoms with Crippen LogP contribution < -0.4 is 10.6 Å². The van der Waals surface area contributed by atoms with E-state index < -0.39 is 0 Å². The lowest BCUT2D eigenvalue weighted by molar-refractivity contribution is -0.130. The first kappa shape index (κ1) is 24.6. The number of rotatable bonds is 9. The number of carbonyl (C=O) groups excluding carboxylic acids is 1. The second kappa shape index (κ2) is 12.9. The molecule has 0 spiro atoms. The minimum atomic E-state index is -0.0703. The van der Waals surface area contributed by atoms with Crippen molar-refractivity contribution in [3.63, 3.8) is 0 Å². The molecule has 28 heavy (non-hydrogen) atoms. The van der Waals surface area contributed by atoms with Gasteiger partial charge in [0.05, 0.1) is 13.2 Å². The third kappa shape index (κ3) is 7.56. The first-order valence-electron chi connectivity index (χ1n) is 9.57. The molecule has 0 saturated carbocycles. The van der Waals surface area contributed by atoms with Crippen molar-refractivity contribution < 1.29 is 14.6 Å². The SMILES string of the molecule is CCN(Cc1ccccc1)C(=O)CNC(=NC)NCC1(CCO)CCOC1.I. The average Bonchev–Trinajstić information content (AvgIpc) is 3.16. The van der Waals surface area contributed by atoms with Crippen LogP contribution in [0.5, 0.6) is 0 Å². The van der Waals surface area contributed by atoms with Crippen LogP contribution in [0.2, 0.25) is 0 Å². The Morgan fingerprint density at radius 1 is 1.32 bits per heavy atom. The lowest BCUT2D eigenvalue weighted by Gasteiger charge is -2.28. The highest BCUT2D eigenvalue weighted by Crippen LogP contribution is 2.31. The first-order chi connectivity index (χ1) is 13.1. The predicted molar refractivity (Wildman–Crippen MR) is 122 cm³/mol. The molecule has 2 rings (SSSR count). The second-order valence-corrected chi connectivity index (χ2v) is 6.95. The van der Waals surface area contributed by atoms with Crippen molar-refractivity contribution in [1.82, 2.24) is 15.5 Å². The summed E-state index contributed by atoms with van der Waals surface area (Å²) < 4.78 is 5.51. The fraction of sp³-hybridized carbons (Fsp3) is 0.600. The van der Waals surface area contributed by atoms with E-state index in [-0.39, 0.29) is 48.5 Å². The van der Waals surface area contributed by atoms with Crippen LogP contribution in [0.1, 0.15) is 25.3 Å². The van der Waals surface area contributed by atoms with E-state index in [0.29, 0.717) is 38.6 Å². The summed E-state index contributed by atoms with van der Waals surface area (Å²) in [5.41, 5.74) is 1.04. The van der Waals surface area contributed by atoms with Crippen molar-refractivity contribution in [3.8, 4) is 0 Å². The number of hydrogen-bond acceptors (Lipinski definition) is 4. The van der Waals surface area contributed by atoms with Gasteiger partial charge in [-0.3, -0.25) is 9.79 Å². The van der Waals surface area contributed by atoms with Crippen molar-refractivity contribution in [3.05, 3.63) is 35.9 Å². The molecule has 0 aliphatic carbocycles. The molecule has 1 aromatic carbocycles. The number of nitrogens with one attached hydrogen (secondary N) is 2. The van der Waals surface area contributed by atoms with Crippen LogP contribution in [-0.4, -0.2) is 68.4 Å². The van der Waals surface area contributed by atoms with E-state index in [1.807, 2.05) is 42.2 Å². The Balaban J connectivity index is 0.00000392. The van der Waals surface area contributed by atoms with Gasteiger partial charge in [0, 0.05) is 45.3 Å². The summed E-state index contributed by atoms with van der Waals surface area (Å²) in [6, 6.07) is 9.97. The van der Waals surface area contributed by atoms with Gasteiger partial charge >= 0.3 is 0 Å². The molecule has 8 heteroatoms. The number of aliphatic hydroxyl groups is 1. The quantitative estimate of drug-likeness (QED) is 0.270. The summed E-state index contributed by atoms with van der Waals surface area (Å²) in [6.07, 6.45) is 1.60. The van der Waals surface area contributed by atoms with Gasteiger partial charge in [-0.15, -0.1) is 24.0 Å². The van der Waals surface area contributed by atoms with Gasteiger partial charge in [-0.25, -0.2) is 0 Å². The van der Waals surface area contributed by atoms with Crippen LogP contribution in [0.3, 0.4) is 0 Å². The zero-order valence-corrected chi connectivity index (χ0v) is 19.1. The van der Waals surface area contributed by atoms with E-state index in [4.69, 9.17) is 4.74 Å². The van der Waals surface area contributed by atoms with Crippen molar-refractivity contribution in [2.75, 3.05) is 46.5 Å². The summed E-state index contributed by atoms with van der Waals surface area (Å²) in [7, 11) is 1.69. The molecule has 0 bridgehead atoms. The van der Waals surface area contributed by atoms with Gasteiger partial charge in [0.1, 0.15) is 0 Å². The van der Waals surface area contributed by atoms with Gasteiger partial charge < -0.3 is 25.4 Å². The minimum absolute atomic E-state index is 0. The highest BCUT2D eigenvalue weighted by molar-refractivity contribution is 14.0. The number of hydrogen-bond donors (Lipinski definition) is 3. The zero-order valence-electron chi connectivity index (χ0n) is 16.8. The third-order valence-corrected chi connectivity index (χ3v) is 5.04. The van der Waals surface area contributed by atoms with Gasteiger partial charge in [-0.05, 0) is 25.3 Å². The van der Waals surface area contributed by atoms with Crippen LogP contribution >= 0.6 is 24.0 Å². The predicted octanol–water partition coefficient (Wildman–Crippen LogP) is 1.61. The molecule has 1 aliphatic heterocycles. The molecular weight excluding hydrogens is 471 g/mol. The highest BCUT2D eigenvalue weighted by Gasteiger charge is 2.34. The monoisotopic (exact) mass is 504 g/mol. The molecule has 0 aromatic heterocycles. The maximum absolute atomic E-state index is 12.6. The van der Waals surface area contributed by atoms with Crippen LogP contribution in [0.15, 0.2) is 35.3 Å². The molecule has 158 valence electrons. The van der Waals surface area contributed by atoms with E-state index in [0.717, 1.165) is 18.6 Å². The Hall–Kier alpha value is -1.39. The second-order valence-electron chi connectivity index (χ2n) is 6.95. The molecular formula is C20H33IN4O3. The zero-order chi connectivity index (χ0) is 19.5. The number of amides is 1. The van der Waals surface area contributed by atoms with Crippen LogP contribution in [0, 0.1) is 5.41 Å². The van der Waals surface area contributed by atoms with Crippen molar-refractivity contribution in [2.24, 2.45) is 10.4 Å². The molecule has 1 aliphatic rings. The summed E-state index contributed by atoms with van der Waals surface area (Å²) in [5, 5.41) is 15.7. The molecule has 0 radical (unpaired) electrons. The number of benzene rings is 1. The Bertz CT molecular complexity index is 607. The fourth-order valence-electron chi connectivity index (χ4n) is 3.25. The van der Waals surface area contributed by atoms with Crippen molar-refractivity contribution >= 4 is 35.8 Å². The van der Waals surface area contributed by atoms with E-state index in [2.05, 4.69) is 15.6 Å². The number of likely N-dealkylation sites (N-methyl/N-ethyl adjacent to an activating group) is 1. The van der Waals surface area contributed by atoms with E-state index in [1.54, 1.807) is 7.05 Å². The number of nitrogens with zero attached hydrogens (tertiary/aromatic N) is 2. The van der Waals surface area contributed by atoms with Gasteiger partial charge in [0.15, 0.2) is 5.96 Å². The Morgan fingerprint density at radius 3 is 2.64 bits per heavy atom. The molecule has 1 unspecified atom stereocenters. The summed E-state index contributed by atoms with van der Waals surface area (Å²) in [6.45, 7) is 5.56. The van der Waals surface area contributed by atoms with E-state index in [1.165, 1.54) is 0 Å². The number of aliphatic imine (C=N–C) groups is 1. The lowest BCUT2D eigenvalue weighted by Crippen LogP contribution is -2.47. The standard InChI is InChI=1S/C20H32N4O3.HI/c1-3-24(14-17-7-5-4-6-8-17)18(26)13-22-19(21-2)23-15-20(9-11-25)10-12-27-16-20;/h4-8,25H,3,9-16H2,1-2H3,(H2,21,22,23);1H. The maximum atomic E-state index is 12.6. The largest absolute Gasteiger partial charge is 0.396 e. The number of aliphatic hydroxyl groups excluding tert-OH is 1. The minimum Gasteiger partial charge on any atom is -0.396 e. The average molecular weight is 504 g/mol. The Morgan fingerprint density at radius 2 is 2.07 bits per heavy atom. The van der Waals surface area contributed by atoms with Gasteiger partial charge in [0.25, 0.3) is 0 Å². The molecule has 3 N–H and O–H groups in total. The topological polar surface area (TPSA) is 86.2 Å². The van der Waals surface area contributed by atoms with Crippen molar-refractivity contribution in [2.45, 2.75) is 26.3 Å². The number of guanidine groups is 1. The lowest BCUT2D eigenvalue weighted by atomic mass is 9.84. The first-order valence-corrected chi connectivity index (χ1v) is 9.57. The van der Waals surface area contributed by atoms with Crippen LogP contribution in [0.25, 0.3) is 0 Å². The number of ether oxygens (including phenoxy) is 1. The molecule has 1 fully saturated rings. The van der Waals surface area contributed by atoms with E-state index in [9.17, 15) is 9.90 Å². The van der Waals surface area contributed by atoms with Gasteiger partial charge in [0.2, 0.25) is 5.91 Å². The summed E-state index contributed by atoms with van der Waals surface area (Å²) in [5.74, 6) is 0.613. The van der Waals surface area contributed by atoms with Crippen molar-refractivity contribution in [1.29, 1.82) is 0 Å². The molecule has 1 atom stereocenters. The van der Waals surface area contributed by atoms with E-state index >= 15 is 0 Å². The highest BCUT2D eigenvalue weighted by atomic mass is 127. The molecule has 1 saturated heterocycles. The van der Waals surface area contributed by atoms with Crippen LogP contribution in [0.4, 0.5) is 0 Å². The van der Waals surface area contributed by atoms with Gasteiger partial charge in [-0.2, -0.15) is 0 Å². The molecule has 1 amide bonds. The summed E-state index contributed by atoms with van der Waals surface area (Å²) >= 11 is 0. The summed E-state index contributed by atoms with van der Waals surface area (Å²) in [4.78, 5) is 18.6. The number of carbonyl (C=O) groups is 1. The molecule has 1 aromatic rings. The maximum Gasteiger partial charge on any atom is 0.242 e. The third-order valence-electron chi connectivity index (χ3n) is 5.04. The van der Waals surface area contributed by atoms with Crippen LogP contribution in [-0.2, 0) is 16.1 Å². The molecule has 1 heterocycles. The Kier molecular flexibility index (Phi) is 11.4. The molecule has 7 nitrogen and oxygen atoms in total.